The van der Waals surface area contributed by atoms with Crippen molar-refractivity contribution in [2.75, 3.05) is 0 Å². The molecule has 0 aromatic rings. The Kier molecular flexibility index (Phi) is 89.7. The average Bonchev–Trinajstić information content (AvgIpc) is 0. The van der Waals surface area contributed by atoms with Crippen LogP contribution in [0.15, 0.2) is 0 Å². The van der Waals surface area contributed by atoms with Gasteiger partial charge >= 0.3 is 0 Å². The predicted molar refractivity (Wildman–Crippen MR) is 0 cm³/mol. The first-order chi connectivity index (χ1) is 0. The van der Waals surface area contributed by atoms with E-state index in [-0.39, 0.29) is 176 Å². The van der Waals surface area contributed by atoms with Gasteiger partial charge in [0, 0.05) is 176 Å². The minimum absolute atomic E-state index is 0. The smallest absolute Gasteiger partial charge is 0 e. The van der Waals surface area contributed by atoms with E-state index in [4.69, 9.17) is 0 Å². The molecule has 0 nitrogen and oxygen atoms in total. The number of rotatable bonds is 0. The van der Waals surface area contributed by atoms with E-state index in [1.165, 1.54) is 0 Å². The van der Waals surface area contributed by atoms with E-state index in [1.807, 2.05) is 0 Å². The van der Waals surface area contributed by atoms with Crippen LogP contribution in [0.4, 0.5) is 0 Å². The van der Waals surface area contributed by atoms with Gasteiger partial charge in [-0.1, -0.05) is 0 Å². The molecular weight excluding hydrogens is 908 g/mol. The van der Waals surface area contributed by atoms with Gasteiger partial charge in [-0.25, -0.2) is 0 Å². The topological polar surface area (TPSA) is 0 Å². The standard InChI is InChI=1S/4Ac. The number of hydrogen-bond acceptors (Lipinski definition) is 0. The average molecular weight is 908 g/mol. The van der Waals surface area contributed by atoms with E-state index in [0.29, 0.717) is 0 Å². The molecule has 0 amide bonds. The molecule has 0 fully saturated rings. The van der Waals surface area contributed by atoms with Crippen LogP contribution in [0.3, 0.4) is 0 Å². The van der Waals surface area contributed by atoms with E-state index in [2.05, 4.69) is 0 Å². The second-order valence-electron chi connectivity index (χ2n) is 0. The monoisotopic (exact) mass is 908 g/mol. The Morgan fingerprint density at radius 3 is 0.250 bits per heavy atom. The Bertz CT molecular complexity index is 0. The maximum Gasteiger partial charge on any atom is 0 e. The molecule has 0 aliphatic heterocycles. The van der Waals surface area contributed by atoms with Gasteiger partial charge in [-0.05, 0) is 0 Å². The van der Waals surface area contributed by atoms with Crippen LogP contribution in [0.2, 0.25) is 0 Å². The third-order valence-electron chi connectivity index (χ3n) is 0. The first-order valence-corrected chi connectivity index (χ1v) is 0. The molecule has 4 heteroatoms. The molecule has 0 aromatic carbocycles. The van der Waals surface area contributed by atoms with Crippen LogP contribution in [-0.2, 0) is 0 Å². The Morgan fingerprint density at radius 1 is 0.250 bits per heavy atom. The summed E-state index contributed by atoms with van der Waals surface area (Å²) < 4.78 is 0. The Balaban J connectivity index is 0. The molecule has 0 rings (SSSR count). The van der Waals surface area contributed by atoms with Crippen molar-refractivity contribution in [1.29, 1.82) is 0 Å². The molecule has 0 spiro atoms. The minimum atomic E-state index is 0. The van der Waals surface area contributed by atoms with Crippen molar-refractivity contribution in [3.8, 4) is 0 Å². The maximum absolute atomic E-state index is 0. The third kappa shape index (κ3) is 10.7. The van der Waals surface area contributed by atoms with Gasteiger partial charge in [0.05, 0.1) is 0 Å². The fourth-order valence-electron chi connectivity index (χ4n) is 0. The van der Waals surface area contributed by atoms with Gasteiger partial charge in [0.25, 0.3) is 0 Å². The van der Waals surface area contributed by atoms with Crippen molar-refractivity contribution in [1.82, 2.24) is 0 Å². The first kappa shape index (κ1) is 22.6. The Labute approximate surface area is 170 Å². The van der Waals surface area contributed by atoms with Crippen LogP contribution in [0.5, 0.6) is 0 Å². The van der Waals surface area contributed by atoms with Crippen molar-refractivity contribution in [2.24, 2.45) is 0 Å². The zero-order valence-corrected chi connectivity index (χ0v) is 21.3. The zero-order chi connectivity index (χ0) is 0. The van der Waals surface area contributed by atoms with Crippen LogP contribution in [0.25, 0.3) is 0 Å². The molecule has 0 N–H and O–H groups in total. The predicted octanol–water partition coefficient (Wildman–Crippen LogP) is 0. The van der Waals surface area contributed by atoms with Gasteiger partial charge < -0.3 is 0 Å². The van der Waals surface area contributed by atoms with E-state index in [9.17, 15) is 0 Å². The van der Waals surface area contributed by atoms with E-state index < -0.39 is 0 Å². The SMILES string of the molecule is [Ac].[Ac].[Ac].[Ac]. The minimum Gasteiger partial charge on any atom is 0 e. The third-order valence-corrected chi connectivity index (χ3v) is 0. The second kappa shape index (κ2) is 15.9. The summed E-state index contributed by atoms with van der Waals surface area (Å²) in [5.41, 5.74) is 0. The van der Waals surface area contributed by atoms with Gasteiger partial charge in [-0.2, -0.15) is 0 Å². The summed E-state index contributed by atoms with van der Waals surface area (Å²) in [7, 11) is 0. The summed E-state index contributed by atoms with van der Waals surface area (Å²) >= 11 is 0. The van der Waals surface area contributed by atoms with Gasteiger partial charge in [0.15, 0.2) is 0 Å². The number of hydrogen-bond donors (Lipinski definition) is 0. The molecule has 0 heterocycles. The normalized spacial score (nSPS) is 0. The molecule has 0 aliphatic carbocycles. The molecule has 0 unspecified atom stereocenters. The summed E-state index contributed by atoms with van der Waals surface area (Å²) in [4.78, 5) is 0. The summed E-state index contributed by atoms with van der Waals surface area (Å²) in [6.45, 7) is 0. The molecule has 0 atom stereocenters. The summed E-state index contributed by atoms with van der Waals surface area (Å²) in [5.74, 6) is 0. The van der Waals surface area contributed by atoms with Gasteiger partial charge in [0.2, 0.25) is 0 Å². The largest absolute Gasteiger partial charge is 0 e. The molecule has 4 heavy (non-hydrogen) atoms. The molecular formula is Ac4. The fourth-order valence-corrected chi connectivity index (χ4v) is 0. The molecule has 0 saturated carbocycles. The van der Waals surface area contributed by atoms with Crippen molar-refractivity contribution in [3.63, 3.8) is 0 Å². The van der Waals surface area contributed by atoms with Crippen LogP contribution in [0, 0.1) is 176 Å². The molecule has 12 valence electrons. The van der Waals surface area contributed by atoms with E-state index in [0.717, 1.165) is 0 Å². The summed E-state index contributed by atoms with van der Waals surface area (Å²) in [5, 5.41) is 0. The van der Waals surface area contributed by atoms with Crippen molar-refractivity contribution in [2.45, 2.75) is 0 Å². The summed E-state index contributed by atoms with van der Waals surface area (Å²) in [6, 6.07) is 0. The molecule has 4 radical (unpaired) electrons. The van der Waals surface area contributed by atoms with Gasteiger partial charge in [-0.15, -0.1) is 0 Å². The molecule has 0 aromatic heterocycles. The maximum atomic E-state index is 0. The molecule has 0 saturated heterocycles. The van der Waals surface area contributed by atoms with Crippen LogP contribution < -0.4 is 0 Å². The summed E-state index contributed by atoms with van der Waals surface area (Å²) in [6.07, 6.45) is 0. The Hall–Kier alpha value is 5.77. The first-order valence-electron chi connectivity index (χ1n) is 0. The fraction of sp³-hybridized carbons (Fsp3) is 0. The quantitative estimate of drug-likeness (QED) is 0.322. The van der Waals surface area contributed by atoms with Crippen LogP contribution in [0.1, 0.15) is 0 Å². The van der Waals surface area contributed by atoms with E-state index >= 15 is 0 Å². The van der Waals surface area contributed by atoms with Gasteiger partial charge in [-0.3, -0.25) is 0 Å². The van der Waals surface area contributed by atoms with Crippen molar-refractivity contribution >= 4 is 0 Å². The van der Waals surface area contributed by atoms with Crippen LogP contribution in [-0.4, -0.2) is 0 Å². The van der Waals surface area contributed by atoms with Crippen molar-refractivity contribution in [3.05, 3.63) is 0 Å². The van der Waals surface area contributed by atoms with Crippen LogP contribution >= 0.6 is 0 Å². The zero-order valence-electron chi connectivity index (χ0n) is 2.31. The molecule has 0 aliphatic rings. The molecule has 0 bridgehead atoms. The van der Waals surface area contributed by atoms with E-state index in [1.54, 1.807) is 0 Å². The second-order valence-corrected chi connectivity index (χ2v) is 0. The Morgan fingerprint density at radius 2 is 0.250 bits per heavy atom. The van der Waals surface area contributed by atoms with Gasteiger partial charge in [0.1, 0.15) is 0 Å². The van der Waals surface area contributed by atoms with Crippen molar-refractivity contribution < 1.29 is 176 Å².